The van der Waals surface area contributed by atoms with Crippen LogP contribution in [-0.2, 0) is 30.3 Å². The topological polar surface area (TPSA) is 117 Å². The summed E-state index contributed by atoms with van der Waals surface area (Å²) in [5, 5.41) is 9.16. The molecule has 1 N–H and O–H groups in total. The molecule has 12 heteroatoms. The minimum absolute atomic E-state index is 0.0706. The number of esters is 2. The lowest BCUT2D eigenvalue weighted by atomic mass is 9.99. The number of rotatable bonds is 14. The smallest absolute Gasteiger partial charge is 0.311 e. The zero-order valence-electron chi connectivity index (χ0n) is 24.6. The molecule has 3 rings (SSSR count). The molecule has 0 radical (unpaired) electrons. The highest BCUT2D eigenvalue weighted by molar-refractivity contribution is 7.81. The summed E-state index contributed by atoms with van der Waals surface area (Å²) < 4.78 is 10.0. The number of hydrogen-bond acceptors (Lipinski definition) is 9. The Morgan fingerprint density at radius 2 is 1.58 bits per heavy atom. The maximum atomic E-state index is 13.5. The van der Waals surface area contributed by atoms with E-state index in [-0.39, 0.29) is 38.7 Å². The summed E-state index contributed by atoms with van der Waals surface area (Å²) in [5.74, 6) is -3.26. The van der Waals surface area contributed by atoms with Crippen molar-refractivity contribution >= 4 is 53.7 Å². The van der Waals surface area contributed by atoms with E-state index in [4.69, 9.17) is 21.1 Å². The molecule has 1 fully saturated rings. The fraction of sp³-hybridized carbons (Fsp3) is 0.484. The van der Waals surface area contributed by atoms with Gasteiger partial charge >= 0.3 is 11.9 Å². The Labute approximate surface area is 263 Å². The van der Waals surface area contributed by atoms with E-state index in [1.165, 1.54) is 10.5 Å². The van der Waals surface area contributed by atoms with Crippen LogP contribution in [0.4, 0.5) is 5.69 Å². The summed E-state index contributed by atoms with van der Waals surface area (Å²) >= 11 is 10.4. The Morgan fingerprint density at radius 3 is 2.16 bits per heavy atom. The van der Waals surface area contributed by atoms with Gasteiger partial charge in [0.1, 0.15) is 0 Å². The van der Waals surface area contributed by atoms with E-state index in [1.54, 1.807) is 38.1 Å². The highest BCUT2D eigenvalue weighted by Gasteiger charge is 2.37. The third-order valence-corrected chi connectivity index (χ3v) is 8.05. The van der Waals surface area contributed by atoms with Gasteiger partial charge in [-0.1, -0.05) is 23.7 Å². The van der Waals surface area contributed by atoms with Crippen LogP contribution in [0.15, 0.2) is 48.5 Å². The summed E-state index contributed by atoms with van der Waals surface area (Å²) in [4.78, 5) is 56.8. The average Bonchev–Trinajstić information content (AvgIpc) is 3.02. The SMILES string of the molecule is CCOC(=O)CC(C(=O)OCC)C(S)C(=O)N(CCO)c1ccc(C(=O)N2CCN(CCc3ccc(Cl)cc3)CC2)cc1. The first-order valence-electron chi connectivity index (χ1n) is 14.5. The lowest BCUT2D eigenvalue weighted by Gasteiger charge is -2.35. The number of benzene rings is 2. The molecular formula is C31H40ClN3O7S. The van der Waals surface area contributed by atoms with Crippen molar-refractivity contribution in [2.24, 2.45) is 5.92 Å². The van der Waals surface area contributed by atoms with Crippen LogP contribution in [0.1, 0.15) is 36.2 Å². The van der Waals surface area contributed by atoms with Gasteiger partial charge in [-0.15, -0.1) is 0 Å². The predicted octanol–water partition coefficient (Wildman–Crippen LogP) is 3.10. The van der Waals surface area contributed by atoms with Crippen molar-refractivity contribution in [3.63, 3.8) is 0 Å². The number of ether oxygens (including phenoxy) is 2. The van der Waals surface area contributed by atoms with Gasteiger partial charge in [-0.3, -0.25) is 24.1 Å². The first-order chi connectivity index (χ1) is 20.7. The van der Waals surface area contributed by atoms with Gasteiger partial charge in [0.05, 0.1) is 37.4 Å². The molecule has 0 spiro atoms. The number of carbonyl (C=O) groups is 4. The monoisotopic (exact) mass is 633 g/mol. The number of aliphatic hydroxyl groups is 1. The van der Waals surface area contributed by atoms with Crippen molar-refractivity contribution in [1.29, 1.82) is 0 Å². The molecule has 2 atom stereocenters. The minimum atomic E-state index is -1.23. The predicted molar refractivity (Wildman–Crippen MR) is 168 cm³/mol. The molecule has 2 unspecified atom stereocenters. The van der Waals surface area contributed by atoms with Crippen LogP contribution in [0.2, 0.25) is 5.02 Å². The molecule has 1 heterocycles. The van der Waals surface area contributed by atoms with Gasteiger partial charge < -0.3 is 24.4 Å². The number of hydrogen-bond donors (Lipinski definition) is 2. The molecule has 0 aliphatic carbocycles. The second-order valence-electron chi connectivity index (χ2n) is 10.1. The Kier molecular flexibility index (Phi) is 13.8. The lowest BCUT2D eigenvalue weighted by Crippen LogP contribution is -2.49. The maximum Gasteiger partial charge on any atom is 0.311 e. The molecule has 0 saturated carbocycles. The molecule has 0 aromatic heterocycles. The summed E-state index contributed by atoms with van der Waals surface area (Å²) in [6.07, 6.45) is 0.535. The maximum absolute atomic E-state index is 13.5. The number of anilines is 1. The van der Waals surface area contributed by atoms with E-state index in [2.05, 4.69) is 17.5 Å². The number of amides is 2. The minimum Gasteiger partial charge on any atom is -0.466 e. The number of halogens is 1. The van der Waals surface area contributed by atoms with E-state index in [0.717, 1.165) is 31.1 Å². The van der Waals surface area contributed by atoms with Crippen molar-refractivity contribution in [2.45, 2.75) is 31.9 Å². The highest BCUT2D eigenvalue weighted by atomic mass is 35.5. The van der Waals surface area contributed by atoms with Crippen molar-refractivity contribution < 1.29 is 33.8 Å². The Bertz CT molecular complexity index is 1220. The molecule has 1 saturated heterocycles. The van der Waals surface area contributed by atoms with Gasteiger partial charge in [0, 0.05) is 55.5 Å². The Balaban J connectivity index is 1.62. The third kappa shape index (κ3) is 9.96. The molecule has 2 aromatic rings. The van der Waals surface area contributed by atoms with Crippen LogP contribution in [0.5, 0.6) is 0 Å². The molecule has 1 aliphatic rings. The number of carbonyl (C=O) groups excluding carboxylic acids is 4. The quantitative estimate of drug-likeness (QED) is 0.241. The van der Waals surface area contributed by atoms with Gasteiger partial charge in [-0.05, 0) is 62.2 Å². The molecular weight excluding hydrogens is 594 g/mol. The van der Waals surface area contributed by atoms with E-state index in [9.17, 15) is 24.3 Å². The van der Waals surface area contributed by atoms with Gasteiger partial charge in [0.25, 0.3) is 5.91 Å². The molecule has 2 amide bonds. The molecule has 1 aliphatic heterocycles. The largest absolute Gasteiger partial charge is 0.466 e. The van der Waals surface area contributed by atoms with E-state index in [0.29, 0.717) is 24.3 Å². The van der Waals surface area contributed by atoms with E-state index >= 15 is 0 Å². The second kappa shape index (κ2) is 17.2. The fourth-order valence-electron chi connectivity index (χ4n) is 4.85. The average molecular weight is 634 g/mol. The summed E-state index contributed by atoms with van der Waals surface area (Å²) in [7, 11) is 0. The Hall–Kier alpha value is -3.12. The van der Waals surface area contributed by atoms with Crippen molar-refractivity contribution in [1.82, 2.24) is 9.80 Å². The van der Waals surface area contributed by atoms with Gasteiger partial charge in [-0.2, -0.15) is 12.6 Å². The van der Waals surface area contributed by atoms with Crippen LogP contribution >= 0.6 is 24.2 Å². The molecule has 10 nitrogen and oxygen atoms in total. The van der Waals surface area contributed by atoms with Gasteiger partial charge in [-0.25, -0.2) is 0 Å². The van der Waals surface area contributed by atoms with Crippen molar-refractivity contribution in [2.75, 3.05) is 64.0 Å². The first kappa shape index (κ1) is 34.4. The van der Waals surface area contributed by atoms with Crippen molar-refractivity contribution in [3.8, 4) is 0 Å². The number of piperazine rings is 1. The van der Waals surface area contributed by atoms with Gasteiger partial charge in [0.15, 0.2) is 0 Å². The van der Waals surface area contributed by atoms with E-state index in [1.807, 2.05) is 29.2 Å². The molecule has 234 valence electrons. The second-order valence-corrected chi connectivity index (χ2v) is 11.1. The third-order valence-electron chi connectivity index (χ3n) is 7.22. The molecule has 43 heavy (non-hydrogen) atoms. The first-order valence-corrected chi connectivity index (χ1v) is 15.4. The fourth-order valence-corrected chi connectivity index (χ4v) is 5.34. The van der Waals surface area contributed by atoms with Crippen LogP contribution < -0.4 is 4.90 Å². The lowest BCUT2D eigenvalue weighted by molar-refractivity contribution is -0.155. The number of aliphatic hydroxyl groups excluding tert-OH is 1. The number of nitrogens with zero attached hydrogens (tertiary/aromatic N) is 3. The zero-order chi connectivity index (χ0) is 31.4. The van der Waals surface area contributed by atoms with Crippen LogP contribution in [0.25, 0.3) is 0 Å². The zero-order valence-corrected chi connectivity index (χ0v) is 26.3. The van der Waals surface area contributed by atoms with Crippen molar-refractivity contribution in [3.05, 3.63) is 64.7 Å². The summed E-state index contributed by atoms with van der Waals surface area (Å²) in [6.45, 7) is 6.69. The van der Waals surface area contributed by atoms with Gasteiger partial charge in [0.2, 0.25) is 5.91 Å². The standard InChI is InChI=1S/C31H40ClN3O7S/c1-3-41-27(37)21-26(31(40)42-4-2)28(43)30(39)35(19-20-36)25-11-7-23(8-12-25)29(38)34-17-15-33(16-18-34)14-13-22-5-9-24(32)10-6-22/h5-12,26,28,36,43H,3-4,13-21H2,1-2H3. The summed E-state index contributed by atoms with van der Waals surface area (Å²) in [6, 6.07) is 14.3. The van der Waals surface area contributed by atoms with Crippen LogP contribution in [0, 0.1) is 5.92 Å². The highest BCUT2D eigenvalue weighted by Crippen LogP contribution is 2.24. The van der Waals surface area contributed by atoms with E-state index < -0.39 is 29.0 Å². The normalized spacial score (nSPS) is 15.0. The number of thiol groups is 1. The van der Waals surface area contributed by atoms with Crippen LogP contribution in [0.3, 0.4) is 0 Å². The molecule has 2 aromatic carbocycles. The van der Waals surface area contributed by atoms with Crippen LogP contribution in [-0.4, -0.2) is 103 Å². The molecule has 0 bridgehead atoms. The summed E-state index contributed by atoms with van der Waals surface area (Å²) in [5.41, 5.74) is 2.11. The Morgan fingerprint density at radius 1 is 0.953 bits per heavy atom.